The van der Waals surface area contributed by atoms with Gasteiger partial charge in [-0.2, -0.15) is 0 Å². The van der Waals surface area contributed by atoms with E-state index in [2.05, 4.69) is 54.5 Å². The van der Waals surface area contributed by atoms with Crippen molar-refractivity contribution in [3.8, 4) is 0 Å². The van der Waals surface area contributed by atoms with Gasteiger partial charge in [0.25, 0.3) is 0 Å². The lowest BCUT2D eigenvalue weighted by molar-refractivity contribution is -0.332. The van der Waals surface area contributed by atoms with Gasteiger partial charge in [-0.3, -0.25) is 0 Å². The summed E-state index contributed by atoms with van der Waals surface area (Å²) < 4.78 is 12.2. The van der Waals surface area contributed by atoms with E-state index in [1.54, 1.807) is 0 Å². The molecule has 0 aromatic carbocycles. The summed E-state index contributed by atoms with van der Waals surface area (Å²) in [4.78, 5) is 0. The number of rotatable bonds is 7. The Kier molecular flexibility index (Phi) is 9.35. The van der Waals surface area contributed by atoms with Crippen molar-refractivity contribution in [2.24, 2.45) is 45.3 Å². The quantitative estimate of drug-likeness (QED) is 0.182. The second kappa shape index (κ2) is 11.8. The first-order valence-electron chi connectivity index (χ1n) is 17.3. The van der Waals surface area contributed by atoms with Gasteiger partial charge in [0.2, 0.25) is 0 Å². The zero-order valence-corrected chi connectivity index (χ0v) is 28.5. The SMILES string of the molecule is CC(C)=CCC[C@@](C)(O)[C@@H]1CC[C@]2(C)[C@@H]1[C@H](O)CC1[C@]3(C)CC[C@H](O[C@H]4O[C@@H](CO)[C@H](O)[C@@H](O)[C@@H]4O)C(C)(C)C3CC[C@@]12C. The van der Waals surface area contributed by atoms with E-state index in [0.29, 0.717) is 18.3 Å². The minimum atomic E-state index is -1.46. The molecule has 1 aliphatic heterocycles. The first-order chi connectivity index (χ1) is 20.3. The standard InChI is InChI=1S/C36H62O8/c1-20(2)10-9-14-36(8,42)21-11-16-35(7)27(21)22(38)18-25-33(5)15-13-26(32(3,4)24(33)12-17-34(25,35)6)44-31-30(41)29(40)28(39)23(19-37)43-31/h10,21-31,37-42H,9,11-19H2,1-8H3/t21-,22-,23+,24?,25?,26+,27+,28+,29-,30+,31-,33-,34+,35-,36-/m1/s1. The molecule has 15 atom stereocenters. The first-order valence-corrected chi connectivity index (χ1v) is 17.3. The number of allylic oxidation sites excluding steroid dienone is 2. The van der Waals surface area contributed by atoms with E-state index in [4.69, 9.17) is 9.47 Å². The van der Waals surface area contributed by atoms with Crippen molar-refractivity contribution in [2.45, 2.75) is 162 Å². The molecular weight excluding hydrogens is 560 g/mol. The number of ether oxygens (including phenoxy) is 2. The Labute approximate surface area is 265 Å². The Hall–Kier alpha value is -0.580. The molecule has 8 nitrogen and oxygen atoms in total. The summed E-state index contributed by atoms with van der Waals surface area (Å²) in [6.45, 7) is 17.5. The van der Waals surface area contributed by atoms with Gasteiger partial charge in [-0.15, -0.1) is 0 Å². The second-order valence-electron chi connectivity index (χ2n) is 17.3. The molecule has 5 fully saturated rings. The third-order valence-electron chi connectivity index (χ3n) is 14.5. The zero-order valence-electron chi connectivity index (χ0n) is 28.5. The van der Waals surface area contributed by atoms with Crippen molar-refractivity contribution in [1.82, 2.24) is 0 Å². The normalized spacial score (nSPS) is 51.5. The molecule has 0 aromatic heterocycles. The minimum Gasteiger partial charge on any atom is -0.394 e. The van der Waals surface area contributed by atoms with Crippen LogP contribution in [0.25, 0.3) is 0 Å². The van der Waals surface area contributed by atoms with Gasteiger partial charge in [0.15, 0.2) is 6.29 Å². The van der Waals surface area contributed by atoms with E-state index in [1.807, 2.05) is 6.92 Å². The lowest BCUT2D eigenvalue weighted by atomic mass is 9.35. The van der Waals surface area contributed by atoms with Crippen LogP contribution < -0.4 is 0 Å². The third-order valence-corrected chi connectivity index (χ3v) is 14.5. The van der Waals surface area contributed by atoms with Crippen LogP contribution in [0.5, 0.6) is 0 Å². The van der Waals surface area contributed by atoms with Crippen LogP contribution >= 0.6 is 0 Å². The molecule has 4 aliphatic carbocycles. The average molecular weight is 623 g/mol. The van der Waals surface area contributed by atoms with Gasteiger partial charge in [-0.25, -0.2) is 0 Å². The Morgan fingerprint density at radius 2 is 1.55 bits per heavy atom. The van der Waals surface area contributed by atoms with Crippen LogP contribution in [-0.4, -0.2) is 85.8 Å². The zero-order chi connectivity index (χ0) is 32.6. The van der Waals surface area contributed by atoms with Gasteiger partial charge < -0.3 is 40.1 Å². The molecule has 0 radical (unpaired) electrons. The fourth-order valence-electron chi connectivity index (χ4n) is 11.9. The largest absolute Gasteiger partial charge is 0.394 e. The second-order valence-corrected chi connectivity index (χ2v) is 17.3. The van der Waals surface area contributed by atoms with E-state index in [-0.39, 0.29) is 39.6 Å². The molecule has 0 bridgehead atoms. The molecule has 6 N–H and O–H groups in total. The maximum Gasteiger partial charge on any atom is 0.186 e. The molecule has 1 heterocycles. The molecule has 0 amide bonds. The highest BCUT2D eigenvalue weighted by Crippen LogP contribution is 2.76. The molecule has 2 unspecified atom stereocenters. The van der Waals surface area contributed by atoms with Crippen LogP contribution in [0.1, 0.15) is 113 Å². The third kappa shape index (κ3) is 5.26. The van der Waals surface area contributed by atoms with Crippen LogP contribution in [-0.2, 0) is 9.47 Å². The maximum absolute atomic E-state index is 12.0. The molecule has 5 aliphatic rings. The van der Waals surface area contributed by atoms with Crippen molar-refractivity contribution in [3.05, 3.63) is 11.6 Å². The lowest BCUT2D eigenvalue weighted by Gasteiger charge is -2.70. The van der Waals surface area contributed by atoms with E-state index in [9.17, 15) is 30.6 Å². The summed E-state index contributed by atoms with van der Waals surface area (Å²) in [7, 11) is 0. The average Bonchev–Trinajstić information content (AvgIpc) is 3.32. The summed E-state index contributed by atoms with van der Waals surface area (Å²) in [5.74, 6) is 0.792. The van der Waals surface area contributed by atoms with Crippen LogP contribution in [0.3, 0.4) is 0 Å². The molecule has 1 saturated heterocycles. The molecule has 0 spiro atoms. The van der Waals surface area contributed by atoms with Crippen LogP contribution in [0.4, 0.5) is 0 Å². The highest BCUT2D eigenvalue weighted by Gasteiger charge is 2.71. The first kappa shape index (κ1) is 34.7. The summed E-state index contributed by atoms with van der Waals surface area (Å²) in [6.07, 6.45) is 3.15. The van der Waals surface area contributed by atoms with Crippen LogP contribution in [0.2, 0.25) is 0 Å². The maximum atomic E-state index is 12.0. The monoisotopic (exact) mass is 622 g/mol. The lowest BCUT2D eigenvalue weighted by Crippen LogP contribution is -2.67. The van der Waals surface area contributed by atoms with Gasteiger partial charge in [0, 0.05) is 0 Å². The molecule has 5 rings (SSSR count). The fraction of sp³-hybridized carbons (Fsp3) is 0.944. The van der Waals surface area contributed by atoms with E-state index < -0.39 is 49.0 Å². The number of fused-ring (bicyclic) bond motifs is 5. The van der Waals surface area contributed by atoms with Crippen LogP contribution in [0, 0.1) is 45.3 Å². The minimum absolute atomic E-state index is 0.0231. The topological polar surface area (TPSA) is 140 Å². The highest BCUT2D eigenvalue weighted by atomic mass is 16.7. The van der Waals surface area contributed by atoms with Crippen molar-refractivity contribution in [3.63, 3.8) is 0 Å². The number of hydrogen-bond donors (Lipinski definition) is 6. The Bertz CT molecular complexity index is 1070. The Morgan fingerprint density at radius 1 is 0.886 bits per heavy atom. The summed E-state index contributed by atoms with van der Waals surface area (Å²) in [6, 6.07) is 0. The number of aliphatic hydroxyl groups excluding tert-OH is 5. The molecular formula is C36H62O8. The highest BCUT2D eigenvalue weighted by molar-refractivity contribution is 5.20. The van der Waals surface area contributed by atoms with Crippen molar-refractivity contribution in [1.29, 1.82) is 0 Å². The predicted molar refractivity (Wildman–Crippen MR) is 168 cm³/mol. The summed E-state index contributed by atoms with van der Waals surface area (Å²) >= 11 is 0. The predicted octanol–water partition coefficient (Wildman–Crippen LogP) is 4.32. The van der Waals surface area contributed by atoms with Gasteiger partial charge in [0.05, 0.1) is 24.4 Å². The molecule has 254 valence electrons. The molecule has 0 aromatic rings. The van der Waals surface area contributed by atoms with E-state index in [0.717, 1.165) is 51.4 Å². The molecule has 44 heavy (non-hydrogen) atoms. The Morgan fingerprint density at radius 3 is 2.18 bits per heavy atom. The van der Waals surface area contributed by atoms with Gasteiger partial charge in [-0.05, 0) is 124 Å². The number of aliphatic hydroxyl groups is 6. The summed E-state index contributed by atoms with van der Waals surface area (Å²) in [5.41, 5.74) is 0.122. The van der Waals surface area contributed by atoms with E-state index >= 15 is 0 Å². The number of hydrogen-bond acceptors (Lipinski definition) is 8. The molecule has 4 saturated carbocycles. The smallest absolute Gasteiger partial charge is 0.186 e. The fourth-order valence-corrected chi connectivity index (χ4v) is 11.9. The molecule has 8 heteroatoms. The summed E-state index contributed by atoms with van der Waals surface area (Å²) in [5, 5.41) is 64.8. The van der Waals surface area contributed by atoms with E-state index in [1.165, 1.54) is 5.57 Å². The van der Waals surface area contributed by atoms with Gasteiger partial charge >= 0.3 is 0 Å². The van der Waals surface area contributed by atoms with Gasteiger partial charge in [-0.1, -0.05) is 46.3 Å². The van der Waals surface area contributed by atoms with Crippen LogP contribution in [0.15, 0.2) is 11.6 Å². The van der Waals surface area contributed by atoms with Crippen molar-refractivity contribution < 1.29 is 40.1 Å². The van der Waals surface area contributed by atoms with Crippen molar-refractivity contribution in [2.75, 3.05) is 6.61 Å². The van der Waals surface area contributed by atoms with Gasteiger partial charge in [0.1, 0.15) is 24.4 Å². The van der Waals surface area contributed by atoms with Crippen molar-refractivity contribution >= 4 is 0 Å². The Balaban J connectivity index is 1.37.